The van der Waals surface area contributed by atoms with Gasteiger partial charge in [0.2, 0.25) is 0 Å². The van der Waals surface area contributed by atoms with E-state index in [-0.39, 0.29) is 0 Å². The number of pyridine rings is 1. The molecule has 1 aliphatic heterocycles. The molecule has 1 atom stereocenters. The third-order valence-electron chi connectivity index (χ3n) is 4.12. The van der Waals surface area contributed by atoms with Gasteiger partial charge in [-0.25, -0.2) is 0 Å². The number of hydrogen-bond acceptors (Lipinski definition) is 5. The Hall–Kier alpha value is -1.82. The minimum absolute atomic E-state index is 0.319. The van der Waals surface area contributed by atoms with Gasteiger partial charge in [-0.15, -0.1) is 0 Å². The van der Waals surface area contributed by atoms with Crippen molar-refractivity contribution in [3.8, 4) is 11.5 Å². The number of nitrogens with one attached hydrogen (secondary N) is 1. The molecule has 25 heavy (non-hydrogen) atoms. The van der Waals surface area contributed by atoms with E-state index in [1.54, 1.807) is 19.5 Å². The van der Waals surface area contributed by atoms with Crippen LogP contribution in [0.25, 0.3) is 0 Å². The van der Waals surface area contributed by atoms with Crippen molar-refractivity contribution in [1.29, 1.82) is 0 Å². The fourth-order valence-electron chi connectivity index (χ4n) is 2.84. The monoisotopic (exact) mass is 362 g/mol. The van der Waals surface area contributed by atoms with Crippen molar-refractivity contribution < 1.29 is 14.2 Å². The highest BCUT2D eigenvalue weighted by Crippen LogP contribution is 2.37. The Morgan fingerprint density at radius 2 is 2.28 bits per heavy atom. The Kier molecular flexibility index (Phi) is 6.50. The number of aromatic nitrogens is 1. The summed E-state index contributed by atoms with van der Waals surface area (Å²) in [7, 11) is 1.62. The Balaban J connectivity index is 1.61. The predicted molar refractivity (Wildman–Crippen MR) is 97.3 cm³/mol. The van der Waals surface area contributed by atoms with Gasteiger partial charge in [0.1, 0.15) is 6.61 Å². The van der Waals surface area contributed by atoms with Crippen molar-refractivity contribution in [2.24, 2.45) is 0 Å². The van der Waals surface area contributed by atoms with E-state index in [1.165, 1.54) is 0 Å². The Labute approximate surface area is 153 Å². The lowest BCUT2D eigenvalue weighted by atomic mass is 10.2. The van der Waals surface area contributed by atoms with Gasteiger partial charge in [0.25, 0.3) is 0 Å². The first kappa shape index (κ1) is 18.0. The minimum Gasteiger partial charge on any atom is -0.493 e. The van der Waals surface area contributed by atoms with Crippen LogP contribution in [0.3, 0.4) is 0 Å². The Morgan fingerprint density at radius 1 is 1.36 bits per heavy atom. The summed E-state index contributed by atoms with van der Waals surface area (Å²) in [5.74, 6) is 1.18. The zero-order valence-electron chi connectivity index (χ0n) is 14.3. The second-order valence-corrected chi connectivity index (χ2v) is 6.43. The van der Waals surface area contributed by atoms with Gasteiger partial charge in [0, 0.05) is 37.7 Å². The van der Waals surface area contributed by atoms with Gasteiger partial charge < -0.3 is 19.5 Å². The summed E-state index contributed by atoms with van der Waals surface area (Å²) in [6, 6.07) is 7.69. The van der Waals surface area contributed by atoms with Crippen LogP contribution in [0.4, 0.5) is 0 Å². The summed E-state index contributed by atoms with van der Waals surface area (Å²) in [4.78, 5) is 4.08. The molecule has 2 aromatic rings. The zero-order valence-corrected chi connectivity index (χ0v) is 15.1. The van der Waals surface area contributed by atoms with Crippen molar-refractivity contribution in [2.75, 3.05) is 20.3 Å². The smallest absolute Gasteiger partial charge is 0.180 e. The molecule has 0 bridgehead atoms. The molecule has 6 heteroatoms. The van der Waals surface area contributed by atoms with Crippen LogP contribution in [-0.2, 0) is 17.9 Å². The van der Waals surface area contributed by atoms with Crippen LogP contribution < -0.4 is 14.8 Å². The Morgan fingerprint density at radius 3 is 3.00 bits per heavy atom. The molecule has 1 N–H and O–H groups in total. The lowest BCUT2D eigenvalue weighted by Crippen LogP contribution is -2.25. The molecular formula is C19H23ClN2O3. The van der Waals surface area contributed by atoms with E-state index in [1.807, 2.05) is 24.3 Å². The first-order chi connectivity index (χ1) is 12.3. The average molecular weight is 363 g/mol. The molecule has 2 heterocycles. The van der Waals surface area contributed by atoms with Gasteiger partial charge in [0.15, 0.2) is 11.5 Å². The van der Waals surface area contributed by atoms with E-state index in [0.29, 0.717) is 35.8 Å². The second kappa shape index (κ2) is 9.04. The summed E-state index contributed by atoms with van der Waals surface area (Å²) < 4.78 is 16.9. The van der Waals surface area contributed by atoms with E-state index >= 15 is 0 Å². The number of nitrogens with zero attached hydrogens (tertiary/aromatic N) is 1. The van der Waals surface area contributed by atoms with E-state index in [4.69, 9.17) is 25.8 Å². The van der Waals surface area contributed by atoms with Crippen molar-refractivity contribution in [1.82, 2.24) is 10.3 Å². The molecule has 134 valence electrons. The van der Waals surface area contributed by atoms with Gasteiger partial charge in [-0.2, -0.15) is 0 Å². The predicted octanol–water partition coefficient (Wildman–Crippen LogP) is 3.59. The van der Waals surface area contributed by atoms with Crippen LogP contribution in [-0.4, -0.2) is 31.3 Å². The number of hydrogen-bond donors (Lipinski definition) is 1. The molecule has 3 rings (SSSR count). The quantitative estimate of drug-likeness (QED) is 0.777. The zero-order chi connectivity index (χ0) is 17.5. The molecule has 0 aliphatic carbocycles. The average Bonchev–Trinajstić information content (AvgIpc) is 3.15. The molecule has 0 spiro atoms. The second-order valence-electron chi connectivity index (χ2n) is 6.02. The summed E-state index contributed by atoms with van der Waals surface area (Å²) in [5.41, 5.74) is 2.02. The molecular weight excluding hydrogens is 340 g/mol. The van der Waals surface area contributed by atoms with Crippen LogP contribution >= 0.6 is 11.6 Å². The number of benzene rings is 1. The van der Waals surface area contributed by atoms with Gasteiger partial charge in [-0.3, -0.25) is 4.98 Å². The molecule has 0 unspecified atom stereocenters. The van der Waals surface area contributed by atoms with Crippen molar-refractivity contribution >= 4 is 11.6 Å². The lowest BCUT2D eigenvalue weighted by molar-refractivity contribution is 0.110. The molecule has 1 saturated heterocycles. The van der Waals surface area contributed by atoms with E-state index in [9.17, 15) is 0 Å². The molecule has 1 aromatic heterocycles. The minimum atomic E-state index is 0.319. The number of ether oxygens (including phenoxy) is 3. The molecule has 0 amide bonds. The third kappa shape index (κ3) is 5.08. The maximum Gasteiger partial charge on any atom is 0.180 e. The summed E-state index contributed by atoms with van der Waals surface area (Å²) in [6.45, 7) is 2.81. The normalized spacial score (nSPS) is 16.8. The highest BCUT2D eigenvalue weighted by Gasteiger charge is 2.16. The summed E-state index contributed by atoms with van der Waals surface area (Å²) >= 11 is 6.41. The highest BCUT2D eigenvalue weighted by molar-refractivity contribution is 6.32. The maximum absolute atomic E-state index is 6.41. The van der Waals surface area contributed by atoms with E-state index in [0.717, 1.165) is 37.1 Å². The first-order valence-corrected chi connectivity index (χ1v) is 8.84. The molecule has 1 aliphatic rings. The van der Waals surface area contributed by atoms with Crippen LogP contribution in [0, 0.1) is 0 Å². The third-order valence-corrected chi connectivity index (χ3v) is 4.40. The molecule has 0 radical (unpaired) electrons. The molecule has 0 saturated carbocycles. The molecule has 5 nitrogen and oxygen atoms in total. The Bertz CT molecular complexity index is 676. The van der Waals surface area contributed by atoms with Crippen LogP contribution in [0.5, 0.6) is 11.5 Å². The van der Waals surface area contributed by atoms with Crippen molar-refractivity contribution in [2.45, 2.75) is 32.1 Å². The van der Waals surface area contributed by atoms with E-state index in [2.05, 4.69) is 10.3 Å². The van der Waals surface area contributed by atoms with E-state index < -0.39 is 0 Å². The fourth-order valence-corrected chi connectivity index (χ4v) is 3.13. The maximum atomic E-state index is 6.41. The number of halogens is 1. The molecule has 1 aromatic carbocycles. The van der Waals surface area contributed by atoms with Gasteiger partial charge in [-0.05, 0) is 36.6 Å². The van der Waals surface area contributed by atoms with Crippen molar-refractivity contribution in [3.05, 3.63) is 52.8 Å². The fraction of sp³-hybridized carbons (Fsp3) is 0.421. The standard InChI is InChI=1S/C19H23ClN2O3/c1-23-18-9-15(11-22-12-16-5-3-7-24-16)8-17(20)19(18)25-13-14-4-2-6-21-10-14/h2,4,6,8-10,16,22H,3,5,7,11-13H2,1H3/t16-/m0/s1. The van der Waals surface area contributed by atoms with Gasteiger partial charge >= 0.3 is 0 Å². The summed E-state index contributed by atoms with van der Waals surface area (Å²) in [6.07, 6.45) is 6.09. The van der Waals surface area contributed by atoms with Gasteiger partial charge in [-0.1, -0.05) is 17.7 Å². The van der Waals surface area contributed by atoms with Crippen molar-refractivity contribution in [3.63, 3.8) is 0 Å². The number of methoxy groups -OCH3 is 1. The number of rotatable bonds is 8. The largest absolute Gasteiger partial charge is 0.493 e. The topological polar surface area (TPSA) is 52.6 Å². The molecule has 1 fully saturated rings. The van der Waals surface area contributed by atoms with Crippen LogP contribution in [0.15, 0.2) is 36.7 Å². The first-order valence-electron chi connectivity index (χ1n) is 8.46. The lowest BCUT2D eigenvalue weighted by Gasteiger charge is -2.15. The van der Waals surface area contributed by atoms with Crippen LogP contribution in [0.2, 0.25) is 5.02 Å². The SMILES string of the molecule is COc1cc(CNC[C@@H]2CCCO2)cc(Cl)c1OCc1cccnc1. The van der Waals surface area contributed by atoms with Gasteiger partial charge in [0.05, 0.1) is 18.2 Å². The van der Waals surface area contributed by atoms with Crippen LogP contribution in [0.1, 0.15) is 24.0 Å². The summed E-state index contributed by atoms with van der Waals surface area (Å²) in [5, 5.41) is 3.95. The highest BCUT2D eigenvalue weighted by atomic mass is 35.5.